The van der Waals surface area contributed by atoms with Crippen LogP contribution in [0.2, 0.25) is 0 Å². The van der Waals surface area contributed by atoms with E-state index >= 15 is 0 Å². The average molecular weight is 331 g/mol. The van der Waals surface area contributed by atoms with E-state index in [0.717, 1.165) is 41.8 Å². The van der Waals surface area contributed by atoms with E-state index in [1.165, 1.54) is 5.56 Å². The van der Waals surface area contributed by atoms with Crippen molar-refractivity contribution in [3.8, 4) is 0 Å². The first-order valence-corrected chi connectivity index (χ1v) is 7.82. The number of rotatable bonds is 3. The molecule has 122 valence electrons. The summed E-state index contributed by atoms with van der Waals surface area (Å²) in [7, 11) is 1.87. The van der Waals surface area contributed by atoms with Gasteiger partial charge in [-0.1, -0.05) is 35.9 Å². The molecule has 3 nitrogen and oxygen atoms in total. The van der Waals surface area contributed by atoms with Crippen LogP contribution in [0.3, 0.4) is 0 Å². The Hall–Kier alpha value is -2.00. The van der Waals surface area contributed by atoms with Crippen molar-refractivity contribution >= 4 is 24.0 Å². The van der Waals surface area contributed by atoms with Crippen LogP contribution in [0.25, 0.3) is 0 Å². The summed E-state index contributed by atoms with van der Waals surface area (Å²) in [6.07, 6.45) is 2.06. The van der Waals surface area contributed by atoms with Crippen molar-refractivity contribution in [1.82, 2.24) is 4.90 Å². The molecule has 3 rings (SSSR count). The van der Waals surface area contributed by atoms with E-state index in [0.29, 0.717) is 6.54 Å². The lowest BCUT2D eigenvalue weighted by Gasteiger charge is -2.23. The molecule has 1 heterocycles. The topological polar surface area (TPSA) is 32.3 Å². The van der Waals surface area contributed by atoms with Gasteiger partial charge < -0.3 is 10.2 Å². The third kappa shape index (κ3) is 3.85. The molecule has 4 heteroatoms. The van der Waals surface area contributed by atoms with Crippen LogP contribution >= 0.6 is 12.4 Å². The summed E-state index contributed by atoms with van der Waals surface area (Å²) in [5.74, 6) is 0.0983. The van der Waals surface area contributed by atoms with E-state index in [2.05, 4.69) is 42.6 Å². The van der Waals surface area contributed by atoms with Gasteiger partial charge in [0.1, 0.15) is 0 Å². The number of hydrogen-bond donors (Lipinski definition) is 1. The van der Waals surface area contributed by atoms with E-state index < -0.39 is 0 Å². The molecule has 0 saturated carbocycles. The van der Waals surface area contributed by atoms with Crippen LogP contribution < -0.4 is 5.32 Å². The van der Waals surface area contributed by atoms with Crippen LogP contribution in [0.4, 0.5) is 5.69 Å². The molecule has 0 aromatic heterocycles. The SMILES string of the molecule is Cc1ccc(CN(C)C(=O)c2cccc3c2CCCN3)cc1.Cl. The molecule has 2 aromatic carbocycles. The fourth-order valence-corrected chi connectivity index (χ4v) is 2.96. The third-order valence-corrected chi connectivity index (χ3v) is 4.21. The Bertz CT molecular complexity index is 682. The maximum absolute atomic E-state index is 12.8. The molecule has 1 amide bonds. The lowest BCUT2D eigenvalue weighted by Crippen LogP contribution is -2.28. The van der Waals surface area contributed by atoms with Crippen molar-refractivity contribution in [3.05, 3.63) is 64.7 Å². The quantitative estimate of drug-likeness (QED) is 0.921. The number of amides is 1. The maximum Gasteiger partial charge on any atom is 0.254 e. The minimum atomic E-state index is 0. The monoisotopic (exact) mass is 330 g/mol. The highest BCUT2D eigenvalue weighted by Crippen LogP contribution is 2.26. The first-order chi connectivity index (χ1) is 10.6. The summed E-state index contributed by atoms with van der Waals surface area (Å²) in [5, 5.41) is 3.38. The fourth-order valence-electron chi connectivity index (χ4n) is 2.96. The van der Waals surface area contributed by atoms with Crippen molar-refractivity contribution in [2.45, 2.75) is 26.3 Å². The number of hydrogen-bond acceptors (Lipinski definition) is 2. The highest BCUT2D eigenvalue weighted by Gasteiger charge is 2.20. The molecular formula is C19H23ClN2O. The van der Waals surface area contributed by atoms with Crippen LogP contribution in [-0.2, 0) is 13.0 Å². The zero-order valence-corrected chi connectivity index (χ0v) is 14.5. The highest BCUT2D eigenvalue weighted by molar-refractivity contribution is 5.97. The van der Waals surface area contributed by atoms with E-state index in [4.69, 9.17) is 0 Å². The fraction of sp³-hybridized carbons (Fsp3) is 0.316. The second kappa shape index (κ2) is 7.51. The predicted octanol–water partition coefficient (Wildman–Crippen LogP) is 4.05. The molecular weight excluding hydrogens is 308 g/mol. The van der Waals surface area contributed by atoms with Crippen LogP contribution in [0.5, 0.6) is 0 Å². The van der Waals surface area contributed by atoms with Gasteiger partial charge in [-0.2, -0.15) is 0 Å². The molecule has 0 fully saturated rings. The zero-order valence-electron chi connectivity index (χ0n) is 13.6. The molecule has 0 unspecified atom stereocenters. The summed E-state index contributed by atoms with van der Waals surface area (Å²) in [6.45, 7) is 3.70. The predicted molar refractivity (Wildman–Crippen MR) is 97.5 cm³/mol. The number of fused-ring (bicyclic) bond motifs is 1. The second-order valence-electron chi connectivity index (χ2n) is 6.01. The number of carbonyl (C=O) groups is 1. The third-order valence-electron chi connectivity index (χ3n) is 4.21. The van der Waals surface area contributed by atoms with Crippen LogP contribution in [0.15, 0.2) is 42.5 Å². The lowest BCUT2D eigenvalue weighted by molar-refractivity contribution is 0.0784. The molecule has 0 radical (unpaired) electrons. The van der Waals surface area contributed by atoms with Gasteiger partial charge in [-0.05, 0) is 43.0 Å². The Morgan fingerprint density at radius 2 is 1.91 bits per heavy atom. The number of carbonyl (C=O) groups excluding carboxylic acids is 1. The Morgan fingerprint density at radius 3 is 2.65 bits per heavy atom. The van der Waals surface area contributed by atoms with Crippen LogP contribution in [-0.4, -0.2) is 24.4 Å². The normalized spacial score (nSPS) is 12.6. The van der Waals surface area contributed by atoms with E-state index in [-0.39, 0.29) is 18.3 Å². The summed E-state index contributed by atoms with van der Waals surface area (Å²) < 4.78 is 0. The molecule has 1 aliphatic rings. The first-order valence-electron chi connectivity index (χ1n) is 7.82. The summed E-state index contributed by atoms with van der Waals surface area (Å²) in [5.41, 5.74) is 5.50. The Balaban J connectivity index is 0.00000192. The maximum atomic E-state index is 12.8. The van der Waals surface area contributed by atoms with E-state index in [1.54, 1.807) is 4.90 Å². The van der Waals surface area contributed by atoms with Gasteiger partial charge >= 0.3 is 0 Å². The van der Waals surface area contributed by atoms with Gasteiger partial charge in [-0.25, -0.2) is 0 Å². The Labute approximate surface area is 144 Å². The number of anilines is 1. The molecule has 0 atom stereocenters. The molecule has 1 N–H and O–H groups in total. The van der Waals surface area contributed by atoms with Crippen LogP contribution in [0.1, 0.15) is 33.5 Å². The molecule has 23 heavy (non-hydrogen) atoms. The van der Waals surface area contributed by atoms with Crippen molar-refractivity contribution in [3.63, 3.8) is 0 Å². The standard InChI is InChI=1S/C19H22N2O.ClH/c1-14-8-10-15(11-9-14)13-21(2)19(22)17-5-3-7-18-16(17)6-4-12-20-18;/h3,5,7-11,20H,4,6,12-13H2,1-2H3;1H. The summed E-state index contributed by atoms with van der Waals surface area (Å²) >= 11 is 0. The van der Waals surface area contributed by atoms with Crippen molar-refractivity contribution in [2.24, 2.45) is 0 Å². The first kappa shape index (κ1) is 17.4. The van der Waals surface area contributed by atoms with Crippen molar-refractivity contribution in [1.29, 1.82) is 0 Å². The minimum Gasteiger partial charge on any atom is -0.385 e. The Morgan fingerprint density at radius 1 is 1.17 bits per heavy atom. The number of nitrogens with zero attached hydrogens (tertiary/aromatic N) is 1. The number of benzene rings is 2. The Kier molecular flexibility index (Phi) is 5.67. The molecule has 0 saturated heterocycles. The lowest BCUT2D eigenvalue weighted by atomic mass is 9.97. The highest BCUT2D eigenvalue weighted by atomic mass is 35.5. The number of halogens is 1. The molecule has 0 aliphatic carbocycles. The van der Waals surface area contributed by atoms with Gasteiger partial charge in [0.25, 0.3) is 5.91 Å². The van der Waals surface area contributed by atoms with Gasteiger partial charge in [-0.15, -0.1) is 12.4 Å². The smallest absolute Gasteiger partial charge is 0.254 e. The summed E-state index contributed by atoms with van der Waals surface area (Å²) in [6, 6.07) is 14.3. The number of nitrogens with one attached hydrogen (secondary N) is 1. The largest absolute Gasteiger partial charge is 0.385 e. The van der Waals surface area contributed by atoms with Gasteiger partial charge in [0, 0.05) is 31.4 Å². The minimum absolute atomic E-state index is 0. The van der Waals surface area contributed by atoms with Crippen LogP contribution in [0, 0.1) is 6.92 Å². The zero-order chi connectivity index (χ0) is 15.5. The number of aryl methyl sites for hydroxylation is 1. The molecule has 0 bridgehead atoms. The molecule has 0 spiro atoms. The van der Waals surface area contributed by atoms with Gasteiger partial charge in [0.2, 0.25) is 0 Å². The summed E-state index contributed by atoms with van der Waals surface area (Å²) in [4.78, 5) is 14.6. The van der Waals surface area contributed by atoms with Crippen molar-refractivity contribution < 1.29 is 4.79 Å². The van der Waals surface area contributed by atoms with Gasteiger partial charge in [0.15, 0.2) is 0 Å². The van der Waals surface area contributed by atoms with E-state index in [1.807, 2.05) is 19.2 Å². The molecule has 1 aliphatic heterocycles. The van der Waals surface area contributed by atoms with E-state index in [9.17, 15) is 4.79 Å². The molecule has 2 aromatic rings. The van der Waals surface area contributed by atoms with Gasteiger partial charge in [-0.3, -0.25) is 4.79 Å². The van der Waals surface area contributed by atoms with Gasteiger partial charge in [0.05, 0.1) is 0 Å². The average Bonchev–Trinajstić information content (AvgIpc) is 2.55. The van der Waals surface area contributed by atoms with Crippen molar-refractivity contribution in [2.75, 3.05) is 18.9 Å². The second-order valence-corrected chi connectivity index (χ2v) is 6.01.